The third kappa shape index (κ3) is 3.26. The van der Waals surface area contributed by atoms with Crippen molar-refractivity contribution in [2.24, 2.45) is 5.92 Å². The number of ether oxygens (including phenoxy) is 1. The van der Waals surface area contributed by atoms with Crippen LogP contribution in [0.4, 0.5) is 4.79 Å². The molecule has 2 saturated heterocycles. The van der Waals surface area contributed by atoms with Crippen molar-refractivity contribution in [2.45, 2.75) is 13.0 Å². The quantitative estimate of drug-likeness (QED) is 0.728. The molecule has 8 nitrogen and oxygen atoms in total. The number of hydrogen-bond donors (Lipinski definition) is 1. The first kappa shape index (κ1) is 15.6. The predicted octanol–water partition coefficient (Wildman–Crippen LogP) is -0.698. The molecule has 2 atom stereocenters. The van der Waals surface area contributed by atoms with Gasteiger partial charge in [0.1, 0.15) is 5.92 Å². The van der Waals surface area contributed by atoms with E-state index in [0.29, 0.717) is 26.2 Å². The van der Waals surface area contributed by atoms with Crippen LogP contribution in [-0.2, 0) is 14.3 Å². The summed E-state index contributed by atoms with van der Waals surface area (Å²) in [5.41, 5.74) is 0. The Kier molecular flexibility index (Phi) is 4.66. The van der Waals surface area contributed by atoms with Crippen molar-refractivity contribution in [1.82, 2.24) is 14.7 Å². The standard InChI is InChI=1S/C13H21N3O5/c1-9(17)15-3-5-16(6-4-15)13(20)14(2)11-8-21-7-10(11)12(18)19/h10-11H,3-8H2,1-2H3,(H,18,19). The van der Waals surface area contributed by atoms with Gasteiger partial charge in [0.05, 0.1) is 19.3 Å². The first-order valence-corrected chi connectivity index (χ1v) is 6.99. The van der Waals surface area contributed by atoms with Gasteiger partial charge in [0.2, 0.25) is 5.91 Å². The number of rotatable bonds is 2. The van der Waals surface area contributed by atoms with E-state index in [1.165, 1.54) is 11.8 Å². The van der Waals surface area contributed by atoms with Crippen LogP contribution < -0.4 is 0 Å². The second kappa shape index (κ2) is 6.30. The molecule has 118 valence electrons. The van der Waals surface area contributed by atoms with Gasteiger partial charge in [-0.15, -0.1) is 0 Å². The lowest BCUT2D eigenvalue weighted by atomic mass is 10.0. The molecule has 0 saturated carbocycles. The van der Waals surface area contributed by atoms with Crippen molar-refractivity contribution < 1.29 is 24.2 Å². The lowest BCUT2D eigenvalue weighted by Gasteiger charge is -2.38. The highest BCUT2D eigenvalue weighted by Crippen LogP contribution is 2.20. The molecule has 0 aromatic carbocycles. The van der Waals surface area contributed by atoms with Gasteiger partial charge in [0.25, 0.3) is 0 Å². The van der Waals surface area contributed by atoms with Gasteiger partial charge in [-0.1, -0.05) is 0 Å². The van der Waals surface area contributed by atoms with Crippen LogP contribution in [0.1, 0.15) is 6.92 Å². The normalized spacial score (nSPS) is 25.8. The number of carbonyl (C=O) groups excluding carboxylic acids is 2. The van der Waals surface area contributed by atoms with Gasteiger partial charge in [-0.3, -0.25) is 9.59 Å². The molecule has 2 aliphatic heterocycles. The van der Waals surface area contributed by atoms with E-state index in [2.05, 4.69) is 0 Å². The van der Waals surface area contributed by atoms with E-state index in [1.807, 2.05) is 0 Å². The Morgan fingerprint density at radius 3 is 2.19 bits per heavy atom. The summed E-state index contributed by atoms with van der Waals surface area (Å²) in [6, 6.07) is -0.652. The molecule has 2 fully saturated rings. The molecular formula is C13H21N3O5. The van der Waals surface area contributed by atoms with Crippen molar-refractivity contribution in [2.75, 3.05) is 46.4 Å². The van der Waals surface area contributed by atoms with Crippen LogP contribution in [-0.4, -0.2) is 90.2 Å². The van der Waals surface area contributed by atoms with Crippen molar-refractivity contribution in [3.8, 4) is 0 Å². The average Bonchev–Trinajstić information content (AvgIpc) is 2.95. The minimum atomic E-state index is -0.946. The molecule has 3 amide bonds. The summed E-state index contributed by atoms with van der Waals surface area (Å²) in [6.07, 6.45) is 0. The highest BCUT2D eigenvalue weighted by atomic mass is 16.5. The number of carboxylic acid groups (broad SMARTS) is 1. The SMILES string of the molecule is CC(=O)N1CCN(C(=O)N(C)C2COCC2C(=O)O)CC1. The van der Waals surface area contributed by atoms with E-state index >= 15 is 0 Å². The monoisotopic (exact) mass is 299 g/mol. The molecule has 2 heterocycles. The molecule has 2 unspecified atom stereocenters. The third-order valence-electron chi connectivity index (χ3n) is 4.16. The van der Waals surface area contributed by atoms with Crippen LogP contribution in [0.5, 0.6) is 0 Å². The molecule has 0 aromatic heterocycles. The van der Waals surface area contributed by atoms with Crippen molar-refractivity contribution in [1.29, 1.82) is 0 Å². The average molecular weight is 299 g/mol. The number of carbonyl (C=O) groups is 3. The molecular weight excluding hydrogens is 278 g/mol. The largest absolute Gasteiger partial charge is 0.481 e. The van der Waals surface area contributed by atoms with Gasteiger partial charge in [-0.05, 0) is 0 Å². The zero-order chi connectivity index (χ0) is 15.6. The molecule has 8 heteroatoms. The number of piperazine rings is 1. The van der Waals surface area contributed by atoms with E-state index in [0.717, 1.165) is 0 Å². The second-order valence-corrected chi connectivity index (χ2v) is 5.44. The Labute approximate surface area is 123 Å². The molecule has 2 aliphatic rings. The predicted molar refractivity (Wildman–Crippen MR) is 72.7 cm³/mol. The fourth-order valence-electron chi connectivity index (χ4n) is 2.74. The Morgan fingerprint density at radius 1 is 1.10 bits per heavy atom. The maximum absolute atomic E-state index is 12.4. The minimum Gasteiger partial charge on any atom is -0.481 e. The van der Waals surface area contributed by atoms with Crippen molar-refractivity contribution in [3.05, 3.63) is 0 Å². The van der Waals surface area contributed by atoms with Crippen molar-refractivity contribution >= 4 is 17.9 Å². The summed E-state index contributed by atoms with van der Waals surface area (Å²) >= 11 is 0. The highest BCUT2D eigenvalue weighted by Gasteiger charge is 2.40. The maximum atomic E-state index is 12.4. The number of hydrogen-bond acceptors (Lipinski definition) is 4. The summed E-state index contributed by atoms with van der Waals surface area (Å²) in [7, 11) is 1.61. The van der Waals surface area contributed by atoms with Gasteiger partial charge in [-0.2, -0.15) is 0 Å². The van der Waals surface area contributed by atoms with Gasteiger partial charge in [-0.25, -0.2) is 4.79 Å². The minimum absolute atomic E-state index is 0.00517. The summed E-state index contributed by atoms with van der Waals surface area (Å²) in [5.74, 6) is -1.62. The van der Waals surface area contributed by atoms with E-state index in [9.17, 15) is 14.4 Å². The zero-order valence-electron chi connectivity index (χ0n) is 12.3. The molecule has 0 aromatic rings. The van der Waals surface area contributed by atoms with Gasteiger partial charge in [0, 0.05) is 40.2 Å². The van der Waals surface area contributed by atoms with E-state index in [1.54, 1.807) is 16.8 Å². The number of aliphatic carboxylic acids is 1. The molecule has 0 radical (unpaired) electrons. The Bertz CT molecular complexity index is 434. The summed E-state index contributed by atoms with van der Waals surface area (Å²) < 4.78 is 5.19. The van der Waals surface area contributed by atoms with E-state index in [-0.39, 0.29) is 25.2 Å². The van der Waals surface area contributed by atoms with Gasteiger partial charge in [0.15, 0.2) is 0 Å². The lowest BCUT2D eigenvalue weighted by molar-refractivity contribution is -0.142. The van der Waals surface area contributed by atoms with Gasteiger partial charge >= 0.3 is 12.0 Å². The fraction of sp³-hybridized carbons (Fsp3) is 0.769. The molecule has 0 spiro atoms. The lowest BCUT2D eigenvalue weighted by Crippen LogP contribution is -2.56. The second-order valence-electron chi connectivity index (χ2n) is 5.44. The number of amides is 3. The van der Waals surface area contributed by atoms with Crippen LogP contribution in [0.25, 0.3) is 0 Å². The molecule has 21 heavy (non-hydrogen) atoms. The molecule has 2 rings (SSSR count). The highest BCUT2D eigenvalue weighted by molar-refractivity contribution is 5.78. The molecule has 1 N–H and O–H groups in total. The molecule has 0 aliphatic carbocycles. The summed E-state index contributed by atoms with van der Waals surface area (Å²) in [4.78, 5) is 39.7. The Morgan fingerprint density at radius 2 is 1.67 bits per heavy atom. The number of carboxylic acids is 1. The first-order chi connectivity index (χ1) is 9.91. The van der Waals surface area contributed by atoms with Crippen LogP contribution >= 0.6 is 0 Å². The summed E-state index contributed by atoms with van der Waals surface area (Å²) in [6.45, 7) is 3.85. The number of urea groups is 1. The maximum Gasteiger partial charge on any atom is 0.320 e. The summed E-state index contributed by atoms with van der Waals surface area (Å²) in [5, 5.41) is 9.14. The van der Waals surface area contributed by atoms with Crippen LogP contribution in [0.3, 0.4) is 0 Å². The van der Waals surface area contributed by atoms with Crippen LogP contribution in [0.15, 0.2) is 0 Å². The Hall–Kier alpha value is -1.83. The topological polar surface area (TPSA) is 90.4 Å². The van der Waals surface area contributed by atoms with Crippen molar-refractivity contribution in [3.63, 3.8) is 0 Å². The third-order valence-corrected chi connectivity index (χ3v) is 4.16. The van der Waals surface area contributed by atoms with E-state index in [4.69, 9.17) is 9.84 Å². The van der Waals surface area contributed by atoms with E-state index < -0.39 is 17.9 Å². The fourth-order valence-corrected chi connectivity index (χ4v) is 2.74. The Balaban J connectivity index is 1.94. The van der Waals surface area contributed by atoms with Crippen LogP contribution in [0.2, 0.25) is 0 Å². The van der Waals surface area contributed by atoms with Gasteiger partial charge < -0.3 is 24.5 Å². The number of likely N-dealkylation sites (N-methyl/N-ethyl adjacent to an activating group) is 1. The number of nitrogens with zero attached hydrogens (tertiary/aromatic N) is 3. The first-order valence-electron chi connectivity index (χ1n) is 6.99. The van der Waals surface area contributed by atoms with Crippen LogP contribution in [0, 0.1) is 5.92 Å². The zero-order valence-corrected chi connectivity index (χ0v) is 12.3. The molecule has 0 bridgehead atoms. The smallest absolute Gasteiger partial charge is 0.320 e.